The lowest BCUT2D eigenvalue weighted by molar-refractivity contribution is -0.143. The number of imide groups is 1. The third-order valence-electron chi connectivity index (χ3n) is 4.46. The Morgan fingerprint density at radius 3 is 2.43 bits per heavy atom. The average Bonchev–Trinajstić information content (AvgIpc) is 2.97. The van der Waals surface area contributed by atoms with E-state index in [0.29, 0.717) is 26.0 Å². The summed E-state index contributed by atoms with van der Waals surface area (Å²) in [4.78, 5) is 61.1. The molecule has 1 aliphatic rings. The predicted molar refractivity (Wildman–Crippen MR) is 106 cm³/mol. The molecule has 9 heteroatoms. The number of benzene rings is 1. The van der Waals surface area contributed by atoms with Crippen LogP contribution in [-0.2, 0) is 19.1 Å². The number of carbonyl (C=O) groups is 5. The highest BCUT2D eigenvalue weighted by molar-refractivity contribution is 6.21. The van der Waals surface area contributed by atoms with Gasteiger partial charge in [-0.25, -0.2) is 4.79 Å². The van der Waals surface area contributed by atoms with Gasteiger partial charge >= 0.3 is 11.9 Å². The number of amides is 3. The summed E-state index contributed by atoms with van der Waals surface area (Å²) < 4.78 is 9.75. The molecule has 162 valence electrons. The number of fused-ring (bicyclic) bond motifs is 1. The molecule has 0 bridgehead atoms. The SMILES string of the molecule is CCCCN1C(=O)c2ccc(C(=O)OCC(=O)NCCCC(=O)OCC)cc2C1=O. The minimum atomic E-state index is -0.772. The van der Waals surface area contributed by atoms with E-state index in [9.17, 15) is 24.0 Å². The first-order valence-electron chi connectivity index (χ1n) is 9.98. The second-order valence-corrected chi connectivity index (χ2v) is 6.71. The summed E-state index contributed by atoms with van der Waals surface area (Å²) in [6.45, 7) is 4.07. The van der Waals surface area contributed by atoms with Crippen molar-refractivity contribution in [1.29, 1.82) is 0 Å². The summed E-state index contributed by atoms with van der Waals surface area (Å²) in [5.74, 6) is -2.42. The molecule has 0 saturated carbocycles. The number of ether oxygens (including phenoxy) is 2. The third kappa shape index (κ3) is 5.88. The Morgan fingerprint density at radius 1 is 1.00 bits per heavy atom. The zero-order chi connectivity index (χ0) is 22.1. The van der Waals surface area contributed by atoms with E-state index in [1.165, 1.54) is 23.1 Å². The van der Waals surface area contributed by atoms with Gasteiger partial charge in [-0.1, -0.05) is 13.3 Å². The molecule has 0 fully saturated rings. The molecule has 0 aromatic heterocycles. The second kappa shape index (κ2) is 11.1. The van der Waals surface area contributed by atoms with Crippen LogP contribution in [0.15, 0.2) is 18.2 Å². The van der Waals surface area contributed by atoms with Crippen molar-refractivity contribution in [2.75, 3.05) is 26.3 Å². The van der Waals surface area contributed by atoms with Crippen LogP contribution >= 0.6 is 0 Å². The van der Waals surface area contributed by atoms with Gasteiger partial charge in [0.15, 0.2) is 6.61 Å². The maximum Gasteiger partial charge on any atom is 0.338 e. The van der Waals surface area contributed by atoms with Crippen molar-refractivity contribution >= 4 is 29.7 Å². The van der Waals surface area contributed by atoms with Crippen molar-refractivity contribution in [1.82, 2.24) is 10.2 Å². The van der Waals surface area contributed by atoms with Gasteiger partial charge in [0, 0.05) is 19.5 Å². The maximum absolute atomic E-state index is 12.4. The Kier molecular flexibility index (Phi) is 8.52. The molecule has 0 radical (unpaired) electrons. The lowest BCUT2D eigenvalue weighted by atomic mass is 10.1. The standard InChI is InChI=1S/C21H26N2O7/c1-3-5-11-23-19(26)15-9-8-14(12-16(15)20(23)27)21(28)30-13-17(24)22-10-6-7-18(25)29-4-2/h8-9,12H,3-7,10-11,13H2,1-2H3,(H,22,24). The van der Waals surface area contributed by atoms with E-state index in [2.05, 4.69) is 5.32 Å². The van der Waals surface area contributed by atoms with Crippen LogP contribution in [0, 0.1) is 0 Å². The second-order valence-electron chi connectivity index (χ2n) is 6.71. The van der Waals surface area contributed by atoms with Gasteiger partial charge in [0.25, 0.3) is 17.7 Å². The first-order chi connectivity index (χ1) is 14.4. The van der Waals surface area contributed by atoms with E-state index in [1.54, 1.807) is 6.92 Å². The minimum Gasteiger partial charge on any atom is -0.466 e. The van der Waals surface area contributed by atoms with Crippen LogP contribution in [-0.4, -0.2) is 60.9 Å². The number of esters is 2. The van der Waals surface area contributed by atoms with Gasteiger partial charge in [-0.15, -0.1) is 0 Å². The number of nitrogens with zero attached hydrogens (tertiary/aromatic N) is 1. The zero-order valence-corrected chi connectivity index (χ0v) is 17.2. The summed E-state index contributed by atoms with van der Waals surface area (Å²) in [5.41, 5.74) is 0.503. The molecule has 3 amide bonds. The van der Waals surface area contributed by atoms with Gasteiger partial charge in [-0.05, 0) is 38.0 Å². The predicted octanol–water partition coefficient (Wildman–Crippen LogP) is 1.70. The molecular weight excluding hydrogens is 392 g/mol. The van der Waals surface area contributed by atoms with Crippen LogP contribution in [0.2, 0.25) is 0 Å². The minimum absolute atomic E-state index is 0.0855. The van der Waals surface area contributed by atoms with E-state index >= 15 is 0 Å². The third-order valence-corrected chi connectivity index (χ3v) is 4.46. The fraction of sp³-hybridized carbons (Fsp3) is 0.476. The molecular formula is C21H26N2O7. The highest BCUT2D eigenvalue weighted by atomic mass is 16.5. The number of hydrogen-bond donors (Lipinski definition) is 1. The van der Waals surface area contributed by atoms with E-state index in [-0.39, 0.29) is 41.5 Å². The van der Waals surface area contributed by atoms with Gasteiger partial charge < -0.3 is 14.8 Å². The number of rotatable bonds is 11. The Labute approximate surface area is 174 Å². The Balaban J connectivity index is 1.84. The van der Waals surface area contributed by atoms with Crippen molar-refractivity contribution in [3.8, 4) is 0 Å². The molecule has 1 N–H and O–H groups in total. The molecule has 2 rings (SSSR count). The fourth-order valence-electron chi connectivity index (χ4n) is 2.90. The molecule has 0 atom stereocenters. The summed E-state index contributed by atoms with van der Waals surface area (Å²) in [7, 11) is 0. The quantitative estimate of drug-likeness (QED) is 0.330. The van der Waals surface area contributed by atoms with Gasteiger partial charge in [0.2, 0.25) is 0 Å². The van der Waals surface area contributed by atoms with Gasteiger partial charge in [0.1, 0.15) is 0 Å². The van der Waals surface area contributed by atoms with E-state index in [4.69, 9.17) is 9.47 Å². The van der Waals surface area contributed by atoms with Gasteiger partial charge in [-0.2, -0.15) is 0 Å². The summed E-state index contributed by atoms with van der Waals surface area (Å²) in [6.07, 6.45) is 2.14. The van der Waals surface area contributed by atoms with E-state index in [0.717, 1.165) is 6.42 Å². The van der Waals surface area contributed by atoms with Crippen LogP contribution in [0.1, 0.15) is 70.6 Å². The molecule has 0 spiro atoms. The first-order valence-corrected chi connectivity index (χ1v) is 9.98. The summed E-state index contributed by atoms with van der Waals surface area (Å²) >= 11 is 0. The molecule has 30 heavy (non-hydrogen) atoms. The number of unbranched alkanes of at least 4 members (excludes halogenated alkanes) is 1. The Hall–Kier alpha value is -3.23. The lowest BCUT2D eigenvalue weighted by Gasteiger charge is -2.12. The molecule has 0 saturated heterocycles. The maximum atomic E-state index is 12.4. The van der Waals surface area contributed by atoms with Crippen molar-refractivity contribution in [2.24, 2.45) is 0 Å². The highest BCUT2D eigenvalue weighted by Crippen LogP contribution is 2.24. The molecule has 9 nitrogen and oxygen atoms in total. The van der Waals surface area contributed by atoms with Crippen LogP contribution < -0.4 is 5.32 Å². The number of nitrogens with one attached hydrogen (secondary N) is 1. The van der Waals surface area contributed by atoms with E-state index in [1.807, 2.05) is 6.92 Å². The summed E-state index contributed by atoms with van der Waals surface area (Å²) in [6, 6.07) is 4.14. The van der Waals surface area contributed by atoms with Crippen LogP contribution in [0.5, 0.6) is 0 Å². The Morgan fingerprint density at radius 2 is 1.73 bits per heavy atom. The molecule has 0 unspecified atom stereocenters. The molecule has 0 aliphatic carbocycles. The monoisotopic (exact) mass is 418 g/mol. The van der Waals surface area contributed by atoms with Gasteiger partial charge in [0.05, 0.1) is 23.3 Å². The van der Waals surface area contributed by atoms with Gasteiger partial charge in [-0.3, -0.25) is 24.1 Å². The topological polar surface area (TPSA) is 119 Å². The zero-order valence-electron chi connectivity index (χ0n) is 17.2. The highest BCUT2D eigenvalue weighted by Gasteiger charge is 2.35. The normalized spacial score (nSPS) is 12.5. The van der Waals surface area contributed by atoms with Crippen LogP contribution in [0.4, 0.5) is 0 Å². The number of hydrogen-bond acceptors (Lipinski definition) is 7. The van der Waals surface area contributed by atoms with Crippen molar-refractivity contribution in [2.45, 2.75) is 39.5 Å². The molecule has 1 aliphatic heterocycles. The van der Waals surface area contributed by atoms with Crippen molar-refractivity contribution < 1.29 is 33.4 Å². The van der Waals surface area contributed by atoms with E-state index < -0.39 is 24.4 Å². The van der Waals surface area contributed by atoms with Crippen LogP contribution in [0.25, 0.3) is 0 Å². The lowest BCUT2D eigenvalue weighted by Crippen LogP contribution is -2.30. The van der Waals surface area contributed by atoms with Crippen LogP contribution in [0.3, 0.4) is 0 Å². The molecule has 1 aromatic rings. The van der Waals surface area contributed by atoms with Crippen molar-refractivity contribution in [3.05, 3.63) is 34.9 Å². The average molecular weight is 418 g/mol. The molecule has 1 heterocycles. The fourth-order valence-corrected chi connectivity index (χ4v) is 2.90. The largest absolute Gasteiger partial charge is 0.466 e. The molecule has 1 aromatic carbocycles. The Bertz CT molecular complexity index is 835. The van der Waals surface area contributed by atoms with Crippen molar-refractivity contribution in [3.63, 3.8) is 0 Å². The smallest absolute Gasteiger partial charge is 0.338 e. The first kappa shape index (κ1) is 23.1. The summed E-state index contributed by atoms with van der Waals surface area (Å²) in [5, 5.41) is 2.54. The number of carbonyl (C=O) groups excluding carboxylic acids is 5.